The largest absolute Gasteiger partial charge is 0.489 e. The highest BCUT2D eigenvalue weighted by atomic mass is 19.1. The Morgan fingerprint density at radius 1 is 1.11 bits per heavy atom. The molecule has 19 heavy (non-hydrogen) atoms. The number of hydrogen-bond acceptors (Lipinski definition) is 2. The minimum atomic E-state index is -0.746. The molecule has 3 heteroatoms. The van der Waals surface area contributed by atoms with Crippen LogP contribution in [0.5, 0.6) is 5.75 Å². The van der Waals surface area contributed by atoms with Gasteiger partial charge in [-0.1, -0.05) is 36.4 Å². The van der Waals surface area contributed by atoms with Crippen molar-refractivity contribution in [3.8, 4) is 5.75 Å². The second-order valence-corrected chi connectivity index (χ2v) is 4.47. The lowest BCUT2D eigenvalue weighted by atomic mass is 9.97. The van der Waals surface area contributed by atoms with Crippen LogP contribution in [-0.2, 0) is 0 Å². The first-order valence-corrected chi connectivity index (χ1v) is 6.10. The molecule has 1 aliphatic heterocycles. The number of hydrogen-bond donors (Lipinski definition) is 1. The monoisotopic (exact) mass is 256 g/mol. The van der Waals surface area contributed by atoms with Gasteiger partial charge in [-0.15, -0.1) is 0 Å². The van der Waals surface area contributed by atoms with Crippen LogP contribution in [0.25, 0.3) is 6.08 Å². The summed E-state index contributed by atoms with van der Waals surface area (Å²) in [7, 11) is 0. The summed E-state index contributed by atoms with van der Waals surface area (Å²) in [5.74, 6) is 0.377. The third kappa shape index (κ3) is 2.25. The number of aliphatic hydroxyl groups is 1. The minimum absolute atomic E-state index is 0.270. The molecular weight excluding hydrogens is 243 g/mol. The van der Waals surface area contributed by atoms with Crippen LogP contribution in [0, 0.1) is 5.82 Å². The van der Waals surface area contributed by atoms with E-state index in [2.05, 4.69) is 0 Å². The van der Waals surface area contributed by atoms with Crippen molar-refractivity contribution in [2.45, 2.75) is 6.10 Å². The zero-order valence-electron chi connectivity index (χ0n) is 10.2. The van der Waals surface area contributed by atoms with E-state index in [-0.39, 0.29) is 12.4 Å². The quantitative estimate of drug-likeness (QED) is 0.848. The summed E-state index contributed by atoms with van der Waals surface area (Å²) in [6.45, 7) is 0.270. The standard InChI is InChI=1S/C16H13FO2/c17-14-7-3-1-5-11(14)9-12-10-19-15-8-4-2-6-13(15)16(12)18/h1-9,16,18H,10H2/b12-9+/t16-/m1/s1. The van der Waals surface area contributed by atoms with Crippen molar-refractivity contribution >= 4 is 6.08 Å². The van der Waals surface area contributed by atoms with E-state index in [0.717, 1.165) is 5.56 Å². The highest BCUT2D eigenvalue weighted by molar-refractivity contribution is 5.57. The first-order valence-electron chi connectivity index (χ1n) is 6.10. The van der Waals surface area contributed by atoms with Crippen molar-refractivity contribution in [1.29, 1.82) is 0 Å². The van der Waals surface area contributed by atoms with Gasteiger partial charge in [0, 0.05) is 16.7 Å². The SMILES string of the molecule is O[C@@H]1/C(=C/c2ccccc2F)COc2ccccc21. The summed E-state index contributed by atoms with van der Waals surface area (Å²) in [6.07, 6.45) is 0.903. The molecule has 3 rings (SSSR count). The van der Waals surface area contributed by atoms with Crippen LogP contribution in [0.2, 0.25) is 0 Å². The number of halogens is 1. The minimum Gasteiger partial charge on any atom is -0.489 e. The van der Waals surface area contributed by atoms with E-state index >= 15 is 0 Å². The third-order valence-corrected chi connectivity index (χ3v) is 3.21. The molecule has 1 atom stereocenters. The van der Waals surface area contributed by atoms with Crippen molar-refractivity contribution in [3.63, 3.8) is 0 Å². The maximum atomic E-state index is 13.6. The fourth-order valence-corrected chi connectivity index (χ4v) is 2.19. The number of para-hydroxylation sites is 1. The van der Waals surface area contributed by atoms with E-state index in [0.29, 0.717) is 16.9 Å². The topological polar surface area (TPSA) is 29.5 Å². The molecule has 0 amide bonds. The molecule has 0 aromatic heterocycles. The van der Waals surface area contributed by atoms with Crippen molar-refractivity contribution in [3.05, 3.63) is 71.0 Å². The van der Waals surface area contributed by atoms with E-state index in [1.54, 1.807) is 24.3 Å². The molecular formula is C16H13FO2. The highest BCUT2D eigenvalue weighted by Gasteiger charge is 2.23. The molecule has 0 aliphatic carbocycles. The maximum Gasteiger partial charge on any atom is 0.130 e. The Hall–Kier alpha value is -2.13. The van der Waals surface area contributed by atoms with Crippen molar-refractivity contribution in [1.82, 2.24) is 0 Å². The highest BCUT2D eigenvalue weighted by Crippen LogP contribution is 2.35. The van der Waals surface area contributed by atoms with Crippen LogP contribution >= 0.6 is 0 Å². The van der Waals surface area contributed by atoms with Gasteiger partial charge in [-0.05, 0) is 18.2 Å². The summed E-state index contributed by atoms with van der Waals surface area (Å²) >= 11 is 0. The second kappa shape index (κ2) is 4.86. The summed E-state index contributed by atoms with van der Waals surface area (Å²) < 4.78 is 19.2. The predicted octanol–water partition coefficient (Wildman–Crippen LogP) is 3.34. The van der Waals surface area contributed by atoms with Crippen molar-refractivity contribution in [2.24, 2.45) is 0 Å². The van der Waals surface area contributed by atoms with Crippen LogP contribution in [0.4, 0.5) is 4.39 Å². The fraction of sp³-hybridized carbons (Fsp3) is 0.125. The van der Waals surface area contributed by atoms with Gasteiger partial charge in [-0.3, -0.25) is 0 Å². The van der Waals surface area contributed by atoms with Gasteiger partial charge in [-0.25, -0.2) is 4.39 Å². The zero-order chi connectivity index (χ0) is 13.2. The lowest BCUT2D eigenvalue weighted by Crippen LogP contribution is -2.17. The Morgan fingerprint density at radius 3 is 2.68 bits per heavy atom. The molecule has 0 spiro atoms. The first kappa shape index (κ1) is 11.9. The molecule has 0 unspecified atom stereocenters. The average molecular weight is 256 g/mol. The van der Waals surface area contributed by atoms with Crippen LogP contribution in [0.15, 0.2) is 54.1 Å². The maximum absolute atomic E-state index is 13.6. The second-order valence-electron chi connectivity index (χ2n) is 4.47. The van der Waals surface area contributed by atoms with Gasteiger partial charge in [0.25, 0.3) is 0 Å². The molecule has 2 aromatic rings. The molecule has 0 radical (unpaired) electrons. The number of fused-ring (bicyclic) bond motifs is 1. The summed E-state index contributed by atoms with van der Waals surface area (Å²) in [4.78, 5) is 0. The van der Waals surface area contributed by atoms with Gasteiger partial charge < -0.3 is 9.84 Å². The first-order chi connectivity index (χ1) is 9.25. The van der Waals surface area contributed by atoms with Crippen LogP contribution in [-0.4, -0.2) is 11.7 Å². The van der Waals surface area contributed by atoms with E-state index < -0.39 is 6.10 Å². The smallest absolute Gasteiger partial charge is 0.130 e. The van der Waals surface area contributed by atoms with Gasteiger partial charge in [-0.2, -0.15) is 0 Å². The molecule has 2 nitrogen and oxygen atoms in total. The predicted molar refractivity (Wildman–Crippen MR) is 71.3 cm³/mol. The number of benzene rings is 2. The Morgan fingerprint density at radius 2 is 1.84 bits per heavy atom. The molecule has 2 aromatic carbocycles. The van der Waals surface area contributed by atoms with Crippen LogP contribution < -0.4 is 4.74 Å². The molecule has 96 valence electrons. The Balaban J connectivity index is 1.98. The Bertz CT molecular complexity index is 634. The van der Waals surface area contributed by atoms with Crippen molar-refractivity contribution in [2.75, 3.05) is 6.61 Å². The fourth-order valence-electron chi connectivity index (χ4n) is 2.19. The van der Waals surface area contributed by atoms with E-state index in [4.69, 9.17) is 4.74 Å². The summed E-state index contributed by atoms with van der Waals surface area (Å²) in [5, 5.41) is 10.3. The van der Waals surface area contributed by atoms with E-state index in [1.165, 1.54) is 6.07 Å². The number of ether oxygens (including phenoxy) is 1. The van der Waals surface area contributed by atoms with Gasteiger partial charge in [0.2, 0.25) is 0 Å². The number of rotatable bonds is 1. The molecule has 1 N–H and O–H groups in total. The lowest BCUT2D eigenvalue weighted by molar-refractivity contribution is 0.172. The van der Waals surface area contributed by atoms with Gasteiger partial charge in [0.05, 0.1) is 0 Å². The van der Waals surface area contributed by atoms with Crippen LogP contribution in [0.3, 0.4) is 0 Å². The summed E-state index contributed by atoms with van der Waals surface area (Å²) in [5.41, 5.74) is 1.83. The third-order valence-electron chi connectivity index (χ3n) is 3.21. The lowest BCUT2D eigenvalue weighted by Gasteiger charge is -2.25. The molecule has 1 heterocycles. The molecule has 0 saturated heterocycles. The normalized spacial score (nSPS) is 19.9. The Labute approximate surface area is 110 Å². The summed E-state index contributed by atoms with van der Waals surface area (Å²) in [6, 6.07) is 13.8. The average Bonchev–Trinajstić information content (AvgIpc) is 2.44. The van der Waals surface area contributed by atoms with E-state index in [1.807, 2.05) is 24.3 Å². The van der Waals surface area contributed by atoms with Crippen molar-refractivity contribution < 1.29 is 14.2 Å². The molecule has 0 saturated carbocycles. The Kier molecular flexibility index (Phi) is 3.05. The van der Waals surface area contributed by atoms with Crippen LogP contribution in [0.1, 0.15) is 17.2 Å². The van der Waals surface area contributed by atoms with Gasteiger partial charge in [0.15, 0.2) is 0 Å². The van der Waals surface area contributed by atoms with Gasteiger partial charge in [0.1, 0.15) is 24.3 Å². The number of aliphatic hydroxyl groups excluding tert-OH is 1. The van der Waals surface area contributed by atoms with E-state index in [9.17, 15) is 9.50 Å². The molecule has 1 aliphatic rings. The van der Waals surface area contributed by atoms with Gasteiger partial charge >= 0.3 is 0 Å². The molecule has 0 fully saturated rings. The zero-order valence-corrected chi connectivity index (χ0v) is 10.2. The molecule has 0 bridgehead atoms.